The minimum absolute atomic E-state index is 0.296. The summed E-state index contributed by atoms with van der Waals surface area (Å²) in [7, 11) is 0. The number of rotatable bonds is 3. The van der Waals surface area contributed by atoms with Gasteiger partial charge in [0.25, 0.3) is 0 Å². The number of hydrogen-bond acceptors (Lipinski definition) is 5. The molecular weight excluding hydrogens is 259 g/mol. The van der Waals surface area contributed by atoms with Crippen LogP contribution >= 0.6 is 0 Å². The van der Waals surface area contributed by atoms with Gasteiger partial charge in [-0.2, -0.15) is 0 Å². The Bertz CT molecular complexity index is 767. The summed E-state index contributed by atoms with van der Waals surface area (Å²) in [6, 6.07) is 4.56. The average Bonchev–Trinajstić information content (AvgIpc) is 2.84. The molecular formula is C13H13FN6. The van der Waals surface area contributed by atoms with Crippen LogP contribution in [0.3, 0.4) is 0 Å². The standard InChI is InChI=1S/C13H13FN6/c14-10-2-1-8(4-15)9(3-10)5-20-7-19-11-12(16)17-6-18-13(11)20/h1-3,6-7H,4-5,15H2,(H2,16,17,18). The van der Waals surface area contributed by atoms with Gasteiger partial charge in [0, 0.05) is 6.54 Å². The van der Waals surface area contributed by atoms with Gasteiger partial charge < -0.3 is 16.0 Å². The number of imidazole rings is 1. The van der Waals surface area contributed by atoms with E-state index in [9.17, 15) is 4.39 Å². The van der Waals surface area contributed by atoms with E-state index >= 15 is 0 Å². The summed E-state index contributed by atoms with van der Waals surface area (Å²) in [6.45, 7) is 0.774. The third kappa shape index (κ3) is 2.08. The van der Waals surface area contributed by atoms with Crippen molar-refractivity contribution in [1.82, 2.24) is 19.5 Å². The molecule has 20 heavy (non-hydrogen) atoms. The molecule has 0 saturated carbocycles. The highest BCUT2D eigenvalue weighted by Crippen LogP contribution is 2.18. The van der Waals surface area contributed by atoms with Gasteiger partial charge in [0.1, 0.15) is 17.7 Å². The molecule has 4 N–H and O–H groups in total. The van der Waals surface area contributed by atoms with Gasteiger partial charge in [0.15, 0.2) is 11.5 Å². The Morgan fingerprint density at radius 1 is 1.15 bits per heavy atom. The highest BCUT2D eigenvalue weighted by Gasteiger charge is 2.10. The van der Waals surface area contributed by atoms with Crippen LogP contribution in [0.15, 0.2) is 30.9 Å². The summed E-state index contributed by atoms with van der Waals surface area (Å²) in [5.74, 6) is 0.0304. The van der Waals surface area contributed by atoms with Crippen LogP contribution in [-0.2, 0) is 13.1 Å². The molecule has 0 fully saturated rings. The summed E-state index contributed by atoms with van der Waals surface area (Å²) in [4.78, 5) is 12.2. The monoisotopic (exact) mass is 272 g/mol. The molecule has 3 rings (SSSR count). The molecule has 0 aliphatic carbocycles. The Kier molecular flexibility index (Phi) is 3.03. The molecule has 0 amide bonds. The molecule has 0 spiro atoms. The first-order valence-corrected chi connectivity index (χ1v) is 6.07. The maximum absolute atomic E-state index is 13.4. The van der Waals surface area contributed by atoms with Crippen LogP contribution < -0.4 is 11.5 Å². The van der Waals surface area contributed by atoms with Crippen molar-refractivity contribution in [3.63, 3.8) is 0 Å². The lowest BCUT2D eigenvalue weighted by molar-refractivity contribution is 0.622. The number of nitrogen functional groups attached to an aromatic ring is 1. The van der Waals surface area contributed by atoms with Crippen LogP contribution in [0.2, 0.25) is 0 Å². The molecule has 0 aliphatic heterocycles. The molecule has 0 atom stereocenters. The number of fused-ring (bicyclic) bond motifs is 1. The predicted octanol–water partition coefficient (Wildman–Crippen LogP) is 1.05. The number of aromatic nitrogens is 4. The van der Waals surface area contributed by atoms with E-state index in [1.54, 1.807) is 17.0 Å². The molecule has 7 heteroatoms. The van der Waals surface area contributed by atoms with Crippen molar-refractivity contribution in [2.45, 2.75) is 13.1 Å². The van der Waals surface area contributed by atoms with Gasteiger partial charge in [0.2, 0.25) is 0 Å². The number of anilines is 1. The van der Waals surface area contributed by atoms with Gasteiger partial charge in [-0.15, -0.1) is 0 Å². The lowest BCUT2D eigenvalue weighted by Crippen LogP contribution is -2.07. The molecule has 102 valence electrons. The smallest absolute Gasteiger partial charge is 0.165 e. The Morgan fingerprint density at radius 3 is 2.80 bits per heavy atom. The lowest BCUT2D eigenvalue weighted by atomic mass is 10.1. The van der Waals surface area contributed by atoms with E-state index in [1.807, 2.05) is 0 Å². The Labute approximate surface area is 114 Å². The molecule has 2 heterocycles. The van der Waals surface area contributed by atoms with Gasteiger partial charge >= 0.3 is 0 Å². The second kappa shape index (κ2) is 4.86. The van der Waals surface area contributed by atoms with Gasteiger partial charge in [-0.3, -0.25) is 0 Å². The molecule has 6 nitrogen and oxygen atoms in total. The van der Waals surface area contributed by atoms with Crippen molar-refractivity contribution in [2.24, 2.45) is 5.73 Å². The minimum Gasteiger partial charge on any atom is -0.382 e. The van der Waals surface area contributed by atoms with Gasteiger partial charge in [-0.25, -0.2) is 19.3 Å². The van der Waals surface area contributed by atoms with Crippen molar-refractivity contribution in [1.29, 1.82) is 0 Å². The fraction of sp³-hybridized carbons (Fsp3) is 0.154. The van der Waals surface area contributed by atoms with Crippen molar-refractivity contribution >= 4 is 17.0 Å². The summed E-state index contributed by atoms with van der Waals surface area (Å²) in [5.41, 5.74) is 14.2. The Hall–Kier alpha value is -2.54. The van der Waals surface area contributed by atoms with Crippen LogP contribution in [-0.4, -0.2) is 19.5 Å². The lowest BCUT2D eigenvalue weighted by Gasteiger charge is -2.09. The van der Waals surface area contributed by atoms with Crippen LogP contribution in [0.5, 0.6) is 0 Å². The quantitative estimate of drug-likeness (QED) is 0.743. The first kappa shape index (κ1) is 12.5. The zero-order chi connectivity index (χ0) is 14.1. The maximum atomic E-state index is 13.4. The fourth-order valence-corrected chi connectivity index (χ4v) is 2.14. The van der Waals surface area contributed by atoms with Crippen LogP contribution in [0.25, 0.3) is 11.2 Å². The van der Waals surface area contributed by atoms with Crippen LogP contribution in [0.4, 0.5) is 10.2 Å². The molecule has 0 saturated heterocycles. The molecule has 0 bridgehead atoms. The van der Waals surface area contributed by atoms with E-state index < -0.39 is 0 Å². The molecule has 0 unspecified atom stereocenters. The van der Waals surface area contributed by atoms with E-state index in [4.69, 9.17) is 11.5 Å². The summed E-state index contributed by atoms with van der Waals surface area (Å²) in [6.07, 6.45) is 2.99. The molecule has 0 radical (unpaired) electrons. The van der Waals surface area contributed by atoms with Crippen molar-refractivity contribution in [3.05, 3.63) is 47.8 Å². The number of benzene rings is 1. The van der Waals surface area contributed by atoms with Gasteiger partial charge in [0.05, 0.1) is 12.9 Å². The van der Waals surface area contributed by atoms with Crippen molar-refractivity contribution < 1.29 is 4.39 Å². The summed E-state index contributed by atoms with van der Waals surface area (Å²) in [5, 5.41) is 0. The fourth-order valence-electron chi connectivity index (χ4n) is 2.14. The van der Waals surface area contributed by atoms with Crippen molar-refractivity contribution in [3.8, 4) is 0 Å². The summed E-state index contributed by atoms with van der Waals surface area (Å²) < 4.78 is 15.2. The largest absolute Gasteiger partial charge is 0.382 e. The van der Waals surface area contributed by atoms with E-state index in [0.717, 1.165) is 11.1 Å². The topological polar surface area (TPSA) is 95.6 Å². The number of hydrogen-bond donors (Lipinski definition) is 2. The first-order valence-electron chi connectivity index (χ1n) is 6.07. The van der Waals surface area contributed by atoms with E-state index in [0.29, 0.717) is 30.1 Å². The third-order valence-corrected chi connectivity index (χ3v) is 3.16. The van der Waals surface area contributed by atoms with E-state index in [-0.39, 0.29) is 5.82 Å². The van der Waals surface area contributed by atoms with E-state index in [2.05, 4.69) is 15.0 Å². The summed E-state index contributed by atoms with van der Waals surface area (Å²) >= 11 is 0. The minimum atomic E-state index is -0.296. The van der Waals surface area contributed by atoms with Crippen LogP contribution in [0, 0.1) is 5.82 Å². The zero-order valence-electron chi connectivity index (χ0n) is 10.6. The van der Waals surface area contributed by atoms with Crippen molar-refractivity contribution in [2.75, 3.05) is 5.73 Å². The zero-order valence-corrected chi connectivity index (χ0v) is 10.6. The number of nitrogens with two attached hydrogens (primary N) is 2. The Morgan fingerprint density at radius 2 is 2.00 bits per heavy atom. The second-order valence-electron chi connectivity index (χ2n) is 4.42. The maximum Gasteiger partial charge on any atom is 0.165 e. The third-order valence-electron chi connectivity index (χ3n) is 3.16. The predicted molar refractivity (Wildman–Crippen MR) is 73.1 cm³/mol. The SMILES string of the molecule is NCc1ccc(F)cc1Cn1cnc2c(N)ncnc21. The number of halogens is 1. The highest BCUT2D eigenvalue weighted by molar-refractivity contribution is 5.81. The van der Waals surface area contributed by atoms with Gasteiger partial charge in [-0.05, 0) is 23.3 Å². The number of nitrogens with zero attached hydrogens (tertiary/aromatic N) is 4. The first-order chi connectivity index (χ1) is 9.69. The average molecular weight is 272 g/mol. The van der Waals surface area contributed by atoms with Gasteiger partial charge in [-0.1, -0.05) is 6.07 Å². The molecule has 1 aromatic carbocycles. The molecule has 0 aliphatic rings. The Balaban J connectivity index is 2.06. The highest BCUT2D eigenvalue weighted by atomic mass is 19.1. The molecule has 3 aromatic rings. The van der Waals surface area contributed by atoms with Crippen LogP contribution in [0.1, 0.15) is 11.1 Å². The molecule has 2 aromatic heterocycles. The second-order valence-corrected chi connectivity index (χ2v) is 4.42. The normalized spacial score (nSPS) is 11.1. The van der Waals surface area contributed by atoms with E-state index in [1.165, 1.54) is 18.5 Å².